The Labute approximate surface area is 177 Å². The molecular weight excluding hydrogens is 423 g/mol. The minimum Gasteiger partial charge on any atom is -0.323 e. The van der Waals surface area contributed by atoms with Gasteiger partial charge in [0, 0.05) is 0 Å². The SMILES string of the molecule is CC(C)CC(C(=O)Nc1ccccc1Cl)N1C(=O)c2cc(Cl)c(Cl)cc2C1=O. The van der Waals surface area contributed by atoms with Gasteiger partial charge in [0.05, 0.1) is 31.9 Å². The third-order valence-electron chi connectivity index (χ3n) is 4.40. The van der Waals surface area contributed by atoms with Crippen molar-refractivity contribution in [1.29, 1.82) is 0 Å². The first-order valence-corrected chi connectivity index (χ1v) is 9.76. The molecule has 0 aliphatic carbocycles. The second-order valence-corrected chi connectivity index (χ2v) is 8.13. The zero-order chi connectivity index (χ0) is 20.6. The molecule has 1 atom stereocenters. The van der Waals surface area contributed by atoms with Crippen molar-refractivity contribution in [1.82, 2.24) is 4.90 Å². The predicted molar refractivity (Wildman–Crippen MR) is 110 cm³/mol. The van der Waals surface area contributed by atoms with Gasteiger partial charge in [-0.05, 0) is 36.6 Å². The Bertz CT molecular complexity index is 934. The molecule has 0 saturated heterocycles. The van der Waals surface area contributed by atoms with Gasteiger partial charge in [0.15, 0.2) is 0 Å². The largest absolute Gasteiger partial charge is 0.323 e. The number of fused-ring (bicyclic) bond motifs is 1. The van der Waals surface area contributed by atoms with Crippen LogP contribution in [-0.4, -0.2) is 28.7 Å². The fourth-order valence-corrected chi connectivity index (χ4v) is 3.60. The molecule has 0 bridgehead atoms. The van der Waals surface area contributed by atoms with Crippen molar-refractivity contribution in [3.63, 3.8) is 0 Å². The molecule has 1 unspecified atom stereocenters. The Morgan fingerprint density at radius 1 is 0.964 bits per heavy atom. The van der Waals surface area contributed by atoms with Crippen LogP contribution in [0.2, 0.25) is 15.1 Å². The van der Waals surface area contributed by atoms with E-state index in [1.165, 1.54) is 12.1 Å². The van der Waals surface area contributed by atoms with Crippen LogP contribution in [0.4, 0.5) is 5.69 Å². The molecule has 0 spiro atoms. The van der Waals surface area contributed by atoms with E-state index in [1.54, 1.807) is 24.3 Å². The van der Waals surface area contributed by atoms with Crippen LogP contribution >= 0.6 is 34.8 Å². The van der Waals surface area contributed by atoms with Crippen molar-refractivity contribution in [2.24, 2.45) is 5.92 Å². The standard InChI is InChI=1S/C20H17Cl3N2O3/c1-10(2)7-17(18(26)24-16-6-4-3-5-13(16)21)25-19(27)11-8-14(22)15(23)9-12(11)20(25)28/h3-6,8-10,17H,7H2,1-2H3,(H,24,26). The third kappa shape index (κ3) is 3.88. The number of carbonyl (C=O) groups excluding carboxylic acids is 3. The van der Waals surface area contributed by atoms with Gasteiger partial charge in [0.2, 0.25) is 5.91 Å². The van der Waals surface area contributed by atoms with Crippen LogP contribution in [-0.2, 0) is 4.79 Å². The highest BCUT2D eigenvalue weighted by Crippen LogP contribution is 2.34. The summed E-state index contributed by atoms with van der Waals surface area (Å²) in [4.78, 5) is 39.8. The predicted octanol–water partition coefficient (Wildman–Crippen LogP) is 5.30. The maximum atomic E-state index is 13.0. The number of nitrogens with one attached hydrogen (secondary N) is 1. The van der Waals surface area contributed by atoms with Gasteiger partial charge in [-0.3, -0.25) is 19.3 Å². The first-order chi connectivity index (χ1) is 13.2. The lowest BCUT2D eigenvalue weighted by molar-refractivity contribution is -0.120. The number of carbonyl (C=O) groups is 3. The Kier molecular flexibility index (Phi) is 5.98. The molecule has 1 N–H and O–H groups in total. The van der Waals surface area contributed by atoms with Crippen molar-refractivity contribution >= 4 is 58.2 Å². The van der Waals surface area contributed by atoms with Gasteiger partial charge in [0.25, 0.3) is 11.8 Å². The van der Waals surface area contributed by atoms with E-state index < -0.39 is 23.8 Å². The van der Waals surface area contributed by atoms with Crippen LogP contribution in [0.1, 0.15) is 41.0 Å². The van der Waals surface area contributed by atoms with Gasteiger partial charge in [-0.25, -0.2) is 0 Å². The van der Waals surface area contributed by atoms with E-state index in [2.05, 4.69) is 5.32 Å². The monoisotopic (exact) mass is 438 g/mol. The maximum absolute atomic E-state index is 13.0. The van der Waals surface area contributed by atoms with Crippen LogP contribution in [0.3, 0.4) is 0 Å². The highest BCUT2D eigenvalue weighted by Gasteiger charge is 2.43. The molecule has 3 amide bonds. The molecular formula is C20H17Cl3N2O3. The molecule has 2 aromatic rings. The van der Waals surface area contributed by atoms with Gasteiger partial charge in [-0.2, -0.15) is 0 Å². The average Bonchev–Trinajstić information content (AvgIpc) is 2.86. The second-order valence-electron chi connectivity index (χ2n) is 6.91. The Hall–Kier alpha value is -2.08. The van der Waals surface area contributed by atoms with Gasteiger partial charge >= 0.3 is 0 Å². The van der Waals surface area contributed by atoms with Crippen molar-refractivity contribution in [2.45, 2.75) is 26.3 Å². The van der Waals surface area contributed by atoms with Crippen molar-refractivity contribution in [3.8, 4) is 0 Å². The van der Waals surface area contributed by atoms with Gasteiger partial charge in [0.1, 0.15) is 6.04 Å². The first-order valence-electron chi connectivity index (χ1n) is 8.63. The number of nitrogens with zero attached hydrogens (tertiary/aromatic N) is 1. The molecule has 0 radical (unpaired) electrons. The van der Waals surface area contributed by atoms with Crippen LogP contribution in [0, 0.1) is 5.92 Å². The summed E-state index contributed by atoms with van der Waals surface area (Å²) in [5.74, 6) is -1.58. The van der Waals surface area contributed by atoms with Crippen molar-refractivity contribution in [2.75, 3.05) is 5.32 Å². The quantitative estimate of drug-likeness (QED) is 0.643. The van der Waals surface area contributed by atoms with E-state index in [9.17, 15) is 14.4 Å². The topological polar surface area (TPSA) is 66.5 Å². The molecule has 3 rings (SSSR count). The summed E-state index contributed by atoms with van der Waals surface area (Å²) in [6.07, 6.45) is 0.295. The van der Waals surface area contributed by atoms with Gasteiger partial charge < -0.3 is 5.32 Å². The molecule has 2 aromatic carbocycles. The van der Waals surface area contributed by atoms with Crippen LogP contribution in [0.25, 0.3) is 0 Å². The molecule has 1 aliphatic rings. The fourth-order valence-electron chi connectivity index (χ4n) is 3.09. The third-order valence-corrected chi connectivity index (χ3v) is 5.45. The minimum atomic E-state index is -0.999. The van der Waals surface area contributed by atoms with E-state index in [1.807, 2.05) is 13.8 Å². The van der Waals surface area contributed by atoms with Crippen molar-refractivity contribution in [3.05, 3.63) is 62.6 Å². The number of amides is 3. The zero-order valence-corrected chi connectivity index (χ0v) is 17.4. The average molecular weight is 440 g/mol. The normalized spacial score (nSPS) is 14.4. The number of anilines is 1. The Morgan fingerprint density at radius 3 is 2.00 bits per heavy atom. The summed E-state index contributed by atoms with van der Waals surface area (Å²) in [5.41, 5.74) is 0.683. The molecule has 146 valence electrons. The zero-order valence-electron chi connectivity index (χ0n) is 15.1. The van der Waals surface area contributed by atoms with E-state index in [4.69, 9.17) is 34.8 Å². The highest BCUT2D eigenvalue weighted by atomic mass is 35.5. The number of para-hydroxylation sites is 1. The van der Waals surface area contributed by atoms with Crippen LogP contribution in [0.5, 0.6) is 0 Å². The molecule has 0 aromatic heterocycles. The summed E-state index contributed by atoms with van der Waals surface area (Å²) in [7, 11) is 0. The molecule has 8 heteroatoms. The minimum absolute atomic E-state index is 0.0542. The smallest absolute Gasteiger partial charge is 0.262 e. The number of hydrogen-bond acceptors (Lipinski definition) is 3. The summed E-state index contributed by atoms with van der Waals surface area (Å²) in [5, 5.41) is 3.42. The lowest BCUT2D eigenvalue weighted by atomic mass is 10.0. The summed E-state index contributed by atoms with van der Waals surface area (Å²) < 4.78 is 0. The Morgan fingerprint density at radius 2 is 1.50 bits per heavy atom. The summed E-state index contributed by atoms with van der Waals surface area (Å²) in [6, 6.07) is 8.47. The number of hydrogen-bond donors (Lipinski definition) is 1. The lowest BCUT2D eigenvalue weighted by Gasteiger charge is -2.27. The second kappa shape index (κ2) is 8.11. The lowest BCUT2D eigenvalue weighted by Crippen LogP contribution is -2.48. The van der Waals surface area contributed by atoms with Gasteiger partial charge in [-0.1, -0.05) is 60.8 Å². The Balaban J connectivity index is 1.96. The molecule has 28 heavy (non-hydrogen) atoms. The molecule has 5 nitrogen and oxygen atoms in total. The van der Waals surface area contributed by atoms with E-state index in [0.29, 0.717) is 17.1 Å². The summed E-state index contributed by atoms with van der Waals surface area (Å²) >= 11 is 18.1. The van der Waals surface area contributed by atoms with E-state index in [0.717, 1.165) is 4.90 Å². The number of rotatable bonds is 5. The summed E-state index contributed by atoms with van der Waals surface area (Å²) in [6.45, 7) is 3.81. The van der Waals surface area contributed by atoms with E-state index in [-0.39, 0.29) is 27.1 Å². The number of imide groups is 1. The van der Waals surface area contributed by atoms with Crippen LogP contribution < -0.4 is 5.32 Å². The highest BCUT2D eigenvalue weighted by molar-refractivity contribution is 6.43. The molecule has 1 heterocycles. The first kappa shape index (κ1) is 20.6. The maximum Gasteiger partial charge on any atom is 0.262 e. The number of benzene rings is 2. The molecule has 1 aliphatic heterocycles. The molecule has 0 saturated carbocycles. The fraction of sp³-hybridized carbons (Fsp3) is 0.250. The van der Waals surface area contributed by atoms with Crippen LogP contribution in [0.15, 0.2) is 36.4 Å². The molecule has 0 fully saturated rings. The van der Waals surface area contributed by atoms with E-state index >= 15 is 0 Å². The number of halogens is 3. The van der Waals surface area contributed by atoms with Crippen molar-refractivity contribution < 1.29 is 14.4 Å². The van der Waals surface area contributed by atoms with Gasteiger partial charge in [-0.15, -0.1) is 0 Å².